The summed E-state index contributed by atoms with van der Waals surface area (Å²) < 4.78 is 0. The number of rotatable bonds is 1. The van der Waals surface area contributed by atoms with Gasteiger partial charge in [0, 0.05) is 4.90 Å². The van der Waals surface area contributed by atoms with Crippen molar-refractivity contribution in [3.63, 3.8) is 0 Å². The van der Waals surface area contributed by atoms with E-state index >= 15 is 0 Å². The van der Waals surface area contributed by atoms with E-state index in [4.69, 9.17) is 0 Å². The third kappa shape index (κ3) is 1.95. The van der Waals surface area contributed by atoms with Crippen LogP contribution in [0.3, 0.4) is 0 Å². The molecule has 0 aliphatic rings. The normalized spacial score (nSPS) is 9.56. The van der Waals surface area contributed by atoms with Crippen molar-refractivity contribution in [2.45, 2.75) is 11.8 Å². The summed E-state index contributed by atoms with van der Waals surface area (Å²) in [5, 5.41) is 0. The Kier molecular flexibility index (Phi) is 2.49. The van der Waals surface area contributed by atoms with Crippen molar-refractivity contribution < 1.29 is 0 Å². The number of hydrogen-bond acceptors (Lipinski definition) is 2. The standard InChI is InChI=1S/C7H8S2/c1-6-3-2-4-7(5-6)9-8/h2-5,8H,1H3. The van der Waals surface area contributed by atoms with Gasteiger partial charge in [-0.1, -0.05) is 22.9 Å². The van der Waals surface area contributed by atoms with E-state index in [9.17, 15) is 0 Å². The first-order valence-corrected chi connectivity index (χ1v) is 4.58. The molecule has 1 aromatic rings. The van der Waals surface area contributed by atoms with E-state index in [1.165, 1.54) is 21.3 Å². The van der Waals surface area contributed by atoms with Crippen LogP contribution in [0.2, 0.25) is 0 Å². The third-order valence-electron chi connectivity index (χ3n) is 1.09. The molecule has 2 heteroatoms. The maximum absolute atomic E-state index is 4.07. The molecule has 0 nitrogen and oxygen atoms in total. The first kappa shape index (κ1) is 7.03. The van der Waals surface area contributed by atoms with Gasteiger partial charge in [0.05, 0.1) is 0 Å². The SMILES string of the molecule is Cc1cccc(SS)c1. The summed E-state index contributed by atoms with van der Waals surface area (Å²) in [6.45, 7) is 2.08. The zero-order chi connectivity index (χ0) is 6.69. The maximum Gasteiger partial charge on any atom is 0.0182 e. The molecule has 0 aliphatic heterocycles. The van der Waals surface area contributed by atoms with Gasteiger partial charge in [-0.25, -0.2) is 0 Å². The fourth-order valence-electron chi connectivity index (χ4n) is 0.672. The summed E-state index contributed by atoms with van der Waals surface area (Å²) in [4.78, 5) is 1.21. The fraction of sp³-hybridized carbons (Fsp3) is 0.143. The second-order valence-corrected chi connectivity index (χ2v) is 3.11. The van der Waals surface area contributed by atoms with Crippen molar-refractivity contribution in [2.24, 2.45) is 0 Å². The molecule has 0 amide bonds. The van der Waals surface area contributed by atoms with Gasteiger partial charge in [0.2, 0.25) is 0 Å². The minimum absolute atomic E-state index is 1.21. The molecule has 0 bridgehead atoms. The highest BCUT2D eigenvalue weighted by molar-refractivity contribution is 8.68. The average molecular weight is 156 g/mol. The topological polar surface area (TPSA) is 0 Å². The Hall–Kier alpha value is -0.0800. The Bertz CT molecular complexity index is 196. The molecule has 0 aromatic heterocycles. The summed E-state index contributed by atoms with van der Waals surface area (Å²) in [5.74, 6) is 0. The van der Waals surface area contributed by atoms with Gasteiger partial charge in [-0.2, -0.15) is 0 Å². The minimum atomic E-state index is 1.21. The van der Waals surface area contributed by atoms with Crippen molar-refractivity contribution >= 4 is 22.5 Å². The minimum Gasteiger partial charge on any atom is -0.106 e. The average Bonchev–Trinajstić information content (AvgIpc) is 1.88. The van der Waals surface area contributed by atoms with Gasteiger partial charge in [0.15, 0.2) is 0 Å². The van der Waals surface area contributed by atoms with Crippen LogP contribution in [-0.4, -0.2) is 0 Å². The summed E-state index contributed by atoms with van der Waals surface area (Å²) in [6, 6.07) is 8.27. The highest BCUT2D eigenvalue weighted by Gasteiger charge is 1.87. The van der Waals surface area contributed by atoms with Crippen molar-refractivity contribution in [3.05, 3.63) is 29.8 Å². The van der Waals surface area contributed by atoms with Gasteiger partial charge >= 0.3 is 0 Å². The molecule has 0 atom stereocenters. The third-order valence-corrected chi connectivity index (χ3v) is 2.19. The molecule has 0 N–H and O–H groups in total. The molecular formula is C7H8S2. The van der Waals surface area contributed by atoms with Crippen LogP contribution in [0.5, 0.6) is 0 Å². The van der Waals surface area contributed by atoms with Gasteiger partial charge in [-0.15, -0.1) is 11.7 Å². The molecule has 1 rings (SSSR count). The smallest absolute Gasteiger partial charge is 0.0182 e. The summed E-state index contributed by atoms with van der Waals surface area (Å²) in [5.41, 5.74) is 1.29. The first-order valence-electron chi connectivity index (χ1n) is 2.71. The Labute approximate surface area is 64.5 Å². The predicted octanol–water partition coefficient (Wildman–Crippen LogP) is 2.93. The number of hydrogen-bond donors (Lipinski definition) is 1. The monoisotopic (exact) mass is 156 g/mol. The summed E-state index contributed by atoms with van der Waals surface area (Å²) in [6.07, 6.45) is 0. The molecule has 1 aromatic carbocycles. The second-order valence-electron chi connectivity index (χ2n) is 1.91. The lowest BCUT2D eigenvalue weighted by Crippen LogP contribution is -1.69. The van der Waals surface area contributed by atoms with Crippen LogP contribution in [0, 0.1) is 6.92 Å². The molecule has 0 saturated heterocycles. The van der Waals surface area contributed by atoms with Crippen LogP contribution in [0.4, 0.5) is 0 Å². The molecule has 0 spiro atoms. The molecule has 0 radical (unpaired) electrons. The van der Waals surface area contributed by atoms with E-state index < -0.39 is 0 Å². The highest BCUT2D eigenvalue weighted by atomic mass is 33.1. The van der Waals surface area contributed by atoms with E-state index in [-0.39, 0.29) is 0 Å². The van der Waals surface area contributed by atoms with Gasteiger partial charge in [-0.05, 0) is 24.6 Å². The van der Waals surface area contributed by atoms with E-state index in [0.717, 1.165) is 0 Å². The van der Waals surface area contributed by atoms with Crippen LogP contribution in [0.25, 0.3) is 0 Å². The molecule has 48 valence electrons. The van der Waals surface area contributed by atoms with Gasteiger partial charge in [-0.3, -0.25) is 0 Å². The lowest BCUT2D eigenvalue weighted by Gasteiger charge is -1.93. The molecule has 0 fully saturated rings. The maximum atomic E-state index is 4.07. The molecule has 0 aliphatic carbocycles. The Morgan fingerprint density at radius 2 is 2.22 bits per heavy atom. The fourth-order valence-corrected chi connectivity index (χ4v) is 1.39. The Morgan fingerprint density at radius 1 is 1.44 bits per heavy atom. The van der Waals surface area contributed by atoms with Crippen molar-refractivity contribution in [1.29, 1.82) is 0 Å². The van der Waals surface area contributed by atoms with Gasteiger partial charge < -0.3 is 0 Å². The highest BCUT2D eigenvalue weighted by Crippen LogP contribution is 2.21. The number of thiol groups is 1. The van der Waals surface area contributed by atoms with E-state index in [0.29, 0.717) is 0 Å². The predicted molar refractivity (Wildman–Crippen MR) is 46.0 cm³/mol. The quantitative estimate of drug-likeness (QED) is 0.482. The lowest BCUT2D eigenvalue weighted by molar-refractivity contribution is 1.37. The van der Waals surface area contributed by atoms with Gasteiger partial charge in [0.25, 0.3) is 0 Å². The van der Waals surface area contributed by atoms with Crippen molar-refractivity contribution in [2.75, 3.05) is 0 Å². The molecule has 0 saturated carbocycles. The zero-order valence-electron chi connectivity index (χ0n) is 5.16. The van der Waals surface area contributed by atoms with E-state index in [1.54, 1.807) is 0 Å². The van der Waals surface area contributed by atoms with Crippen molar-refractivity contribution in [3.8, 4) is 0 Å². The Balaban J connectivity index is 2.94. The molecular weight excluding hydrogens is 148 g/mol. The number of aryl methyl sites for hydroxylation is 1. The summed E-state index contributed by atoms with van der Waals surface area (Å²) >= 11 is 4.07. The van der Waals surface area contributed by atoms with Crippen LogP contribution >= 0.6 is 22.5 Å². The van der Waals surface area contributed by atoms with Crippen LogP contribution in [0.1, 0.15) is 5.56 Å². The summed E-state index contributed by atoms with van der Waals surface area (Å²) in [7, 11) is 1.48. The molecule has 0 unspecified atom stereocenters. The van der Waals surface area contributed by atoms with Gasteiger partial charge in [0.1, 0.15) is 0 Å². The largest absolute Gasteiger partial charge is 0.106 e. The Morgan fingerprint density at radius 3 is 2.67 bits per heavy atom. The van der Waals surface area contributed by atoms with Crippen LogP contribution in [-0.2, 0) is 0 Å². The second kappa shape index (κ2) is 3.18. The molecule has 0 heterocycles. The lowest BCUT2D eigenvalue weighted by atomic mass is 10.2. The van der Waals surface area contributed by atoms with Crippen LogP contribution in [0.15, 0.2) is 29.2 Å². The van der Waals surface area contributed by atoms with E-state index in [2.05, 4.69) is 30.7 Å². The number of benzene rings is 1. The zero-order valence-corrected chi connectivity index (χ0v) is 6.88. The molecule has 9 heavy (non-hydrogen) atoms. The van der Waals surface area contributed by atoms with Crippen LogP contribution < -0.4 is 0 Å². The van der Waals surface area contributed by atoms with E-state index in [1.807, 2.05) is 12.1 Å². The first-order chi connectivity index (χ1) is 4.33. The van der Waals surface area contributed by atoms with Crippen molar-refractivity contribution in [1.82, 2.24) is 0 Å².